The third kappa shape index (κ3) is 5.11. The summed E-state index contributed by atoms with van der Waals surface area (Å²) in [4.78, 5) is 12.5. The van der Waals surface area contributed by atoms with Crippen LogP contribution >= 0.6 is 0 Å². The topological polar surface area (TPSA) is 84.5 Å². The average molecular weight is 403 g/mol. The maximum atomic E-state index is 12.3. The van der Waals surface area contributed by atoms with Gasteiger partial charge in [0, 0.05) is 6.54 Å². The smallest absolute Gasteiger partial charge is 0.258 e. The normalized spacial score (nSPS) is 16.2. The first-order chi connectivity index (χ1) is 13.5. The van der Waals surface area contributed by atoms with Crippen LogP contribution in [0, 0.1) is 0 Å². The molecule has 0 aliphatic heterocycles. The minimum Gasteiger partial charge on any atom is -0.484 e. The van der Waals surface area contributed by atoms with Crippen LogP contribution in [0.3, 0.4) is 0 Å². The highest BCUT2D eigenvalue weighted by Crippen LogP contribution is 2.29. The Morgan fingerprint density at radius 3 is 2.64 bits per heavy atom. The molecule has 2 N–H and O–H groups in total. The van der Waals surface area contributed by atoms with Crippen LogP contribution < -0.4 is 14.8 Å². The molecular weight excluding hydrogens is 376 g/mol. The molecule has 2 aromatic carbocycles. The number of benzene rings is 2. The van der Waals surface area contributed by atoms with Crippen molar-refractivity contribution < 1.29 is 17.9 Å². The minimum absolute atomic E-state index is 0.0122. The Hall–Kier alpha value is -2.38. The molecule has 6 nitrogen and oxygen atoms in total. The second kappa shape index (κ2) is 9.21. The molecule has 28 heavy (non-hydrogen) atoms. The minimum atomic E-state index is -3.50. The summed E-state index contributed by atoms with van der Waals surface area (Å²) >= 11 is 0. The van der Waals surface area contributed by atoms with Gasteiger partial charge in [0.1, 0.15) is 5.75 Å². The zero-order valence-corrected chi connectivity index (χ0v) is 16.8. The number of sulfonamides is 1. The SMILES string of the molecule is CCCNS(=O)(=O)c1ccc(OCC(=O)N[C@H]2CCCc3ccccc32)cc1. The first-order valence-electron chi connectivity index (χ1n) is 9.59. The molecule has 7 heteroatoms. The van der Waals surface area contributed by atoms with Crippen molar-refractivity contribution in [2.75, 3.05) is 13.2 Å². The molecule has 0 bridgehead atoms. The first kappa shape index (κ1) is 20.4. The summed E-state index contributed by atoms with van der Waals surface area (Å²) in [6.45, 7) is 2.18. The van der Waals surface area contributed by atoms with E-state index in [1.807, 2.05) is 19.1 Å². The number of carbonyl (C=O) groups is 1. The summed E-state index contributed by atoms with van der Waals surface area (Å²) in [6.07, 6.45) is 3.73. The number of hydrogen-bond donors (Lipinski definition) is 2. The van der Waals surface area contributed by atoms with Crippen molar-refractivity contribution in [2.24, 2.45) is 0 Å². The Balaban J connectivity index is 1.54. The molecule has 1 amide bonds. The Morgan fingerprint density at radius 2 is 1.89 bits per heavy atom. The second-order valence-electron chi connectivity index (χ2n) is 6.87. The van der Waals surface area contributed by atoms with Gasteiger partial charge in [-0.3, -0.25) is 4.79 Å². The van der Waals surface area contributed by atoms with Gasteiger partial charge in [-0.15, -0.1) is 0 Å². The Kier molecular flexibility index (Phi) is 6.70. The monoisotopic (exact) mass is 402 g/mol. The number of ether oxygens (including phenoxy) is 1. The van der Waals surface area contributed by atoms with Crippen LogP contribution in [-0.4, -0.2) is 27.5 Å². The Labute approximate surface area is 166 Å². The van der Waals surface area contributed by atoms with Crippen molar-refractivity contribution in [3.8, 4) is 5.75 Å². The van der Waals surface area contributed by atoms with Crippen molar-refractivity contribution in [1.82, 2.24) is 10.0 Å². The predicted molar refractivity (Wildman–Crippen MR) is 108 cm³/mol. The molecule has 0 saturated heterocycles. The summed E-state index contributed by atoms with van der Waals surface area (Å²) in [5.41, 5.74) is 2.46. The predicted octanol–water partition coefficient (Wildman–Crippen LogP) is 2.95. The summed E-state index contributed by atoms with van der Waals surface area (Å²) in [7, 11) is -3.50. The summed E-state index contributed by atoms with van der Waals surface area (Å²) in [5, 5.41) is 3.03. The number of amides is 1. The van der Waals surface area contributed by atoms with E-state index in [4.69, 9.17) is 4.74 Å². The van der Waals surface area contributed by atoms with E-state index in [2.05, 4.69) is 22.2 Å². The molecule has 0 radical (unpaired) electrons. The first-order valence-corrected chi connectivity index (χ1v) is 11.1. The van der Waals surface area contributed by atoms with Crippen LogP contribution in [0.5, 0.6) is 5.75 Å². The highest BCUT2D eigenvalue weighted by Gasteiger charge is 2.21. The van der Waals surface area contributed by atoms with E-state index in [9.17, 15) is 13.2 Å². The summed E-state index contributed by atoms with van der Waals surface area (Å²) in [5.74, 6) is 0.261. The van der Waals surface area contributed by atoms with Crippen LogP contribution in [0.2, 0.25) is 0 Å². The number of carbonyl (C=O) groups excluding carboxylic acids is 1. The van der Waals surface area contributed by atoms with Crippen LogP contribution in [0.4, 0.5) is 0 Å². The van der Waals surface area contributed by atoms with Gasteiger partial charge in [-0.1, -0.05) is 31.2 Å². The van der Waals surface area contributed by atoms with E-state index in [-0.39, 0.29) is 23.5 Å². The number of aryl methyl sites for hydroxylation is 1. The molecule has 0 spiro atoms. The third-order valence-electron chi connectivity index (χ3n) is 4.75. The van der Waals surface area contributed by atoms with Gasteiger partial charge in [0.15, 0.2) is 6.61 Å². The lowest BCUT2D eigenvalue weighted by molar-refractivity contribution is -0.123. The van der Waals surface area contributed by atoms with Crippen LogP contribution in [0.25, 0.3) is 0 Å². The van der Waals surface area contributed by atoms with Crippen LogP contribution in [0.15, 0.2) is 53.4 Å². The van der Waals surface area contributed by atoms with E-state index >= 15 is 0 Å². The van der Waals surface area contributed by atoms with Gasteiger partial charge < -0.3 is 10.1 Å². The van der Waals surface area contributed by atoms with Gasteiger partial charge in [-0.25, -0.2) is 13.1 Å². The quantitative estimate of drug-likeness (QED) is 0.711. The van der Waals surface area contributed by atoms with E-state index < -0.39 is 10.0 Å². The maximum Gasteiger partial charge on any atom is 0.258 e. The third-order valence-corrected chi connectivity index (χ3v) is 6.23. The number of fused-ring (bicyclic) bond motifs is 1. The fourth-order valence-corrected chi connectivity index (χ4v) is 4.46. The molecule has 0 aromatic heterocycles. The molecule has 1 atom stereocenters. The molecule has 0 fully saturated rings. The van der Waals surface area contributed by atoms with Crippen molar-refractivity contribution in [2.45, 2.75) is 43.5 Å². The number of hydrogen-bond acceptors (Lipinski definition) is 4. The van der Waals surface area contributed by atoms with Crippen molar-refractivity contribution >= 4 is 15.9 Å². The van der Waals surface area contributed by atoms with Crippen LogP contribution in [0.1, 0.15) is 43.4 Å². The molecule has 2 aromatic rings. The lowest BCUT2D eigenvalue weighted by Crippen LogP contribution is -2.34. The summed E-state index contributed by atoms with van der Waals surface area (Å²) in [6, 6.07) is 14.3. The largest absolute Gasteiger partial charge is 0.484 e. The standard InChI is InChI=1S/C21H26N2O4S/c1-2-14-22-28(25,26)18-12-10-17(11-13-18)27-15-21(24)23-20-9-5-7-16-6-3-4-8-19(16)20/h3-4,6,8,10-13,20,22H,2,5,7,9,14-15H2,1H3,(H,23,24)/t20-/m0/s1. The molecule has 1 aliphatic rings. The van der Waals surface area contributed by atoms with Gasteiger partial charge in [-0.2, -0.15) is 0 Å². The average Bonchev–Trinajstić information content (AvgIpc) is 2.71. The van der Waals surface area contributed by atoms with E-state index in [0.29, 0.717) is 12.3 Å². The van der Waals surface area contributed by atoms with E-state index in [1.54, 1.807) is 12.1 Å². The molecule has 0 unspecified atom stereocenters. The van der Waals surface area contributed by atoms with E-state index in [1.165, 1.54) is 23.3 Å². The fourth-order valence-electron chi connectivity index (χ4n) is 3.32. The second-order valence-corrected chi connectivity index (χ2v) is 8.64. The molecular formula is C21H26N2O4S. The number of rotatable bonds is 8. The van der Waals surface area contributed by atoms with Crippen molar-refractivity contribution in [3.63, 3.8) is 0 Å². The molecule has 150 valence electrons. The van der Waals surface area contributed by atoms with Crippen LogP contribution in [-0.2, 0) is 21.2 Å². The maximum absolute atomic E-state index is 12.3. The molecule has 0 heterocycles. The zero-order chi connectivity index (χ0) is 20.0. The van der Waals surface area contributed by atoms with Gasteiger partial charge in [0.05, 0.1) is 10.9 Å². The van der Waals surface area contributed by atoms with Gasteiger partial charge >= 0.3 is 0 Å². The Bertz CT molecular complexity index is 910. The van der Waals surface area contributed by atoms with Crippen molar-refractivity contribution in [1.29, 1.82) is 0 Å². The van der Waals surface area contributed by atoms with Crippen molar-refractivity contribution in [3.05, 3.63) is 59.7 Å². The lowest BCUT2D eigenvalue weighted by Gasteiger charge is -2.26. The number of nitrogens with one attached hydrogen (secondary N) is 2. The zero-order valence-electron chi connectivity index (χ0n) is 16.0. The lowest BCUT2D eigenvalue weighted by atomic mass is 9.88. The summed E-state index contributed by atoms with van der Waals surface area (Å²) < 4.78 is 32.2. The highest BCUT2D eigenvalue weighted by molar-refractivity contribution is 7.89. The molecule has 3 rings (SSSR count). The Morgan fingerprint density at radius 1 is 1.14 bits per heavy atom. The van der Waals surface area contributed by atoms with Gasteiger partial charge in [0.25, 0.3) is 5.91 Å². The van der Waals surface area contributed by atoms with Gasteiger partial charge in [0.2, 0.25) is 10.0 Å². The fraction of sp³-hybridized carbons (Fsp3) is 0.381. The molecule has 1 aliphatic carbocycles. The van der Waals surface area contributed by atoms with E-state index in [0.717, 1.165) is 25.7 Å². The highest BCUT2D eigenvalue weighted by atomic mass is 32.2. The molecule has 0 saturated carbocycles. The van der Waals surface area contributed by atoms with Gasteiger partial charge in [-0.05, 0) is 61.1 Å².